The number of benzene rings is 2. The van der Waals surface area contributed by atoms with Crippen molar-refractivity contribution in [1.82, 2.24) is 55.9 Å². The second-order valence-electron chi connectivity index (χ2n) is 31.7. The largest absolute Gasteiger partial charge is 0.504 e. The summed E-state index contributed by atoms with van der Waals surface area (Å²) in [4.78, 5) is 87.9. The number of hydrogen-bond donors (Lipinski definition) is 6. The number of nitrogens with one attached hydrogen (secondary N) is 4. The summed E-state index contributed by atoms with van der Waals surface area (Å²) in [7, 11) is 2.86. The molecular weight excluding hydrogens is 1310 g/mol. The number of fused-ring (bicyclic) bond motifs is 5. The number of phenols is 2. The molecule has 3 aromatic rings. The van der Waals surface area contributed by atoms with Crippen molar-refractivity contribution in [1.29, 1.82) is 0 Å². The Labute approximate surface area is 619 Å². The third-order valence-corrected chi connectivity index (χ3v) is 24.1. The van der Waals surface area contributed by atoms with Gasteiger partial charge in [0.05, 0.1) is 31.9 Å². The van der Waals surface area contributed by atoms with Gasteiger partial charge in [-0.25, -0.2) is 0 Å². The van der Waals surface area contributed by atoms with Crippen LogP contribution in [0, 0.1) is 52.3 Å². The van der Waals surface area contributed by atoms with Crippen LogP contribution in [-0.4, -0.2) is 212 Å². The smallest absolute Gasteiger partial charge is 0.246 e. The van der Waals surface area contributed by atoms with E-state index >= 15 is 0 Å². The standard InChI is InChI=1S/C82H125N11O11/c1-59(2)15-10-16-60(3)68-24-25-69-66-23-22-63-55-65(32-34-81(63,4)70(66)33-35-82(68,69)5)104-58-80(101)86-39-14-43-92-51-49-91(50-52-92)42-13-38-85-79(100)31-30-78(99)84-37-12-41-90-47-45-89(46-48-90)40-11-36-83-77(98)17-8-9-44-93-57-64(87-88-93)56-67(71(94)26-18-61-20-28-73(96)75(53-61)102-6)72(95)27-19-62-21-29-74(97)76(54-62)103-7/h18-22,26-29,53-54,57,59-60,65-70,96-97H,8-17,23-25,30-52,55-56,58H2,1-7H3,(H,83,98)(H,84,99)(H,85,100)(H,86,101)/b26-18+,27-19+/t60-,65+,66+,68-,69+,70+,81+,82-/m1/s1. The van der Waals surface area contributed by atoms with Gasteiger partial charge in [-0.1, -0.05) is 95.0 Å². The first kappa shape index (κ1) is 81.1. The molecule has 6 aliphatic rings. The number of ether oxygens (including phenoxy) is 3. The fourth-order valence-electron chi connectivity index (χ4n) is 18.0. The lowest BCUT2D eigenvalue weighted by Gasteiger charge is -2.58. The van der Waals surface area contributed by atoms with E-state index in [9.17, 15) is 39.0 Å². The molecule has 2 aliphatic heterocycles. The van der Waals surface area contributed by atoms with Crippen LogP contribution in [0.3, 0.4) is 0 Å². The Kier molecular flexibility index (Phi) is 31.7. The summed E-state index contributed by atoms with van der Waals surface area (Å²) in [5.74, 6) is 3.22. The van der Waals surface area contributed by atoms with Crippen LogP contribution < -0.4 is 30.7 Å². The zero-order chi connectivity index (χ0) is 74.0. The number of methoxy groups -OCH3 is 2. The Balaban J connectivity index is 0.536. The summed E-state index contributed by atoms with van der Waals surface area (Å²) in [6.07, 6.45) is 30.0. The van der Waals surface area contributed by atoms with Gasteiger partial charge in [-0.05, 0) is 210 Å². The van der Waals surface area contributed by atoms with Crippen LogP contribution in [0.5, 0.6) is 23.0 Å². The maximum Gasteiger partial charge on any atom is 0.246 e. The van der Waals surface area contributed by atoms with Crippen LogP contribution >= 0.6 is 0 Å². The Bertz CT molecular complexity index is 3280. The summed E-state index contributed by atoms with van der Waals surface area (Å²) in [5.41, 5.74) is 4.06. The lowest BCUT2D eigenvalue weighted by Crippen LogP contribution is -2.51. The number of aromatic hydroxyl groups is 2. The van der Waals surface area contributed by atoms with Gasteiger partial charge in [-0.3, -0.25) is 33.4 Å². The van der Waals surface area contributed by atoms with Gasteiger partial charge in [0, 0.05) is 117 Å². The van der Waals surface area contributed by atoms with Gasteiger partial charge in [-0.2, -0.15) is 0 Å². The second-order valence-corrected chi connectivity index (χ2v) is 31.7. The number of piperazine rings is 2. The van der Waals surface area contributed by atoms with Crippen molar-refractivity contribution in [2.75, 3.05) is 126 Å². The van der Waals surface area contributed by atoms with E-state index in [-0.39, 0.29) is 84.0 Å². The third kappa shape index (κ3) is 24.0. The first-order chi connectivity index (χ1) is 50.2. The Morgan fingerprint density at radius 1 is 0.596 bits per heavy atom. The molecule has 1 aromatic heterocycles. The molecule has 9 rings (SSSR count). The van der Waals surface area contributed by atoms with E-state index < -0.39 is 17.5 Å². The second kappa shape index (κ2) is 40.7. The van der Waals surface area contributed by atoms with E-state index in [1.807, 2.05) is 0 Å². The summed E-state index contributed by atoms with van der Waals surface area (Å²) in [6, 6.07) is 9.32. The van der Waals surface area contributed by atoms with Crippen LogP contribution in [0.2, 0.25) is 0 Å². The topological polar surface area (TPSA) is 262 Å². The van der Waals surface area contributed by atoms with Crippen molar-refractivity contribution < 1.29 is 53.2 Å². The number of rotatable bonds is 42. The van der Waals surface area contributed by atoms with E-state index in [2.05, 4.69) is 91.9 Å². The highest BCUT2D eigenvalue weighted by Gasteiger charge is 2.59. The van der Waals surface area contributed by atoms with Crippen LogP contribution in [0.1, 0.15) is 180 Å². The predicted octanol–water partition coefficient (Wildman–Crippen LogP) is 10.1. The lowest BCUT2D eigenvalue weighted by atomic mass is 9.47. The minimum absolute atomic E-state index is 0.000182. The average Bonchev–Trinajstić information content (AvgIpc) is 1.41. The molecule has 2 aromatic carbocycles. The highest BCUT2D eigenvalue weighted by atomic mass is 16.5. The molecule has 4 aliphatic carbocycles. The maximum atomic E-state index is 13.6. The van der Waals surface area contributed by atoms with Crippen molar-refractivity contribution in [3.05, 3.63) is 83.2 Å². The van der Waals surface area contributed by atoms with Crippen molar-refractivity contribution in [2.24, 2.45) is 52.3 Å². The van der Waals surface area contributed by atoms with Gasteiger partial charge >= 0.3 is 0 Å². The molecule has 2 saturated heterocycles. The van der Waals surface area contributed by atoms with Crippen LogP contribution in [0.25, 0.3) is 12.2 Å². The molecule has 574 valence electrons. The van der Waals surface area contributed by atoms with E-state index in [4.69, 9.17) is 14.2 Å². The van der Waals surface area contributed by atoms with E-state index in [1.165, 1.54) is 96.3 Å². The number of aryl methyl sites for hydroxylation is 1. The van der Waals surface area contributed by atoms with Crippen LogP contribution in [0.15, 0.2) is 66.4 Å². The molecule has 0 spiro atoms. The minimum Gasteiger partial charge on any atom is -0.504 e. The zero-order valence-electron chi connectivity index (χ0n) is 63.8. The molecule has 5 fully saturated rings. The molecule has 3 saturated carbocycles. The molecular formula is C82H125N11O11. The number of amides is 4. The van der Waals surface area contributed by atoms with Gasteiger partial charge < -0.3 is 65.3 Å². The Morgan fingerprint density at radius 2 is 1.12 bits per heavy atom. The van der Waals surface area contributed by atoms with Gasteiger partial charge in [0.15, 0.2) is 34.6 Å². The maximum absolute atomic E-state index is 13.6. The average molecular weight is 1440 g/mol. The minimum atomic E-state index is -1.11. The quantitative estimate of drug-likeness (QED) is 0.0133. The predicted molar refractivity (Wildman–Crippen MR) is 407 cm³/mol. The number of carbonyl (C=O) groups excluding carboxylic acids is 6. The molecule has 4 amide bonds. The first-order valence-electron chi connectivity index (χ1n) is 39.5. The molecule has 0 unspecified atom stereocenters. The normalized spacial score (nSPS) is 23.5. The van der Waals surface area contributed by atoms with Crippen molar-refractivity contribution >= 4 is 47.3 Å². The molecule has 22 nitrogen and oxygen atoms in total. The van der Waals surface area contributed by atoms with Gasteiger partial charge in [0.25, 0.3) is 0 Å². The summed E-state index contributed by atoms with van der Waals surface area (Å²) < 4.78 is 18.4. The van der Waals surface area contributed by atoms with Gasteiger partial charge in [0.1, 0.15) is 6.61 Å². The summed E-state index contributed by atoms with van der Waals surface area (Å²) in [5, 5.41) is 40.7. The first-order valence-corrected chi connectivity index (χ1v) is 39.5. The molecule has 104 heavy (non-hydrogen) atoms. The molecule has 22 heteroatoms. The van der Waals surface area contributed by atoms with Crippen molar-refractivity contribution in [2.45, 2.75) is 182 Å². The number of nitrogens with zero attached hydrogens (tertiary/aromatic N) is 7. The molecule has 6 N–H and O–H groups in total. The number of carbonyl (C=O) groups is 6. The molecule has 0 bridgehead atoms. The molecule has 0 radical (unpaired) electrons. The van der Waals surface area contributed by atoms with Crippen molar-refractivity contribution in [3.63, 3.8) is 0 Å². The summed E-state index contributed by atoms with van der Waals surface area (Å²) in [6.45, 7) is 27.1. The summed E-state index contributed by atoms with van der Waals surface area (Å²) >= 11 is 0. The third-order valence-electron chi connectivity index (χ3n) is 24.1. The Morgan fingerprint density at radius 3 is 1.63 bits per heavy atom. The van der Waals surface area contributed by atoms with Crippen LogP contribution in [0.4, 0.5) is 0 Å². The number of allylic oxidation sites excluding steroid dienone is 3. The highest BCUT2D eigenvalue weighted by Crippen LogP contribution is 2.67. The highest BCUT2D eigenvalue weighted by molar-refractivity contribution is 6.13. The lowest BCUT2D eigenvalue weighted by molar-refractivity contribution is -0.129. The fourth-order valence-corrected chi connectivity index (χ4v) is 18.0. The molecule has 3 heterocycles. The zero-order valence-corrected chi connectivity index (χ0v) is 63.8. The number of phenolic OH excluding ortho intramolecular Hbond substituents is 2. The monoisotopic (exact) mass is 1440 g/mol. The van der Waals surface area contributed by atoms with E-state index in [0.29, 0.717) is 74.2 Å². The van der Waals surface area contributed by atoms with E-state index in [0.717, 1.165) is 153 Å². The SMILES string of the molecule is COc1cc(/C=C/C(=O)C(Cc2cn(CCCCC(=O)NCCCN3CCN(CCCNC(=O)CCC(=O)NCCCN4CCN(CCCNC(=O)CO[C@H]5CC[C@@]6(C)C(=CC[C@H]7[C@@H]8CC[C@H]([C@H](C)CCCC(C)C)[C@@]8(C)CC[C@@H]76)C5)CC4)CC3)nn2)C(=O)/C=C/c2ccc(O)c(OC)c2)ccc1O. The van der Waals surface area contributed by atoms with Crippen LogP contribution in [-0.2, 0) is 46.5 Å². The van der Waals surface area contributed by atoms with E-state index in [1.54, 1.807) is 52.9 Å². The number of unbranched alkanes of at least 4 members (excludes halogenated alkanes) is 1. The van der Waals surface area contributed by atoms with Gasteiger partial charge in [-0.15, -0.1) is 5.10 Å². The van der Waals surface area contributed by atoms with Gasteiger partial charge in [0.2, 0.25) is 23.6 Å². The number of hydrogen-bond acceptors (Lipinski definition) is 17. The number of aromatic nitrogens is 3. The fraction of sp³-hybridized carbons (Fsp3) is 0.683. The molecule has 8 atom stereocenters. The Hall–Kier alpha value is -6.98. The van der Waals surface area contributed by atoms with Crippen molar-refractivity contribution in [3.8, 4) is 23.0 Å². The number of ketones is 2.